The molecule has 2 aromatic carbocycles. The molecule has 30 heavy (non-hydrogen) atoms. The summed E-state index contributed by atoms with van der Waals surface area (Å²) in [4.78, 5) is 25.7. The molecule has 2 N–H and O–H groups in total. The second kappa shape index (κ2) is 9.45. The van der Waals surface area contributed by atoms with E-state index in [-0.39, 0.29) is 24.8 Å². The normalized spacial score (nSPS) is 16.8. The standard InChI is InChI=1S/C23H24ClN3O2.CH4/c1-15(16-7-9-17(24)10-8-16)22(28)26-21-6-2-5-20-19(21)11-13-27(23(20)29)14-18-4-3-12-25-18;/h2,5-11,13,15,18,25H,3-4,12,14H2,1H3,(H,26,28);1H4/t15?,18-;/m1./s1. The van der Waals surface area contributed by atoms with Crippen LogP contribution in [-0.4, -0.2) is 23.1 Å². The van der Waals surface area contributed by atoms with E-state index in [0.29, 0.717) is 28.7 Å². The molecule has 0 saturated carbocycles. The lowest BCUT2D eigenvalue weighted by atomic mass is 10.00. The molecule has 5 nitrogen and oxygen atoms in total. The highest BCUT2D eigenvalue weighted by Gasteiger charge is 2.18. The Morgan fingerprint density at radius 1 is 1.20 bits per heavy atom. The zero-order valence-corrected chi connectivity index (χ0v) is 17.1. The lowest BCUT2D eigenvalue weighted by molar-refractivity contribution is -0.117. The topological polar surface area (TPSA) is 63.1 Å². The molecule has 0 spiro atoms. The Balaban J connectivity index is 0.00000256. The van der Waals surface area contributed by atoms with Crippen LogP contribution < -0.4 is 16.2 Å². The first-order valence-electron chi connectivity index (χ1n) is 9.95. The third kappa shape index (κ3) is 4.58. The smallest absolute Gasteiger partial charge is 0.258 e. The van der Waals surface area contributed by atoms with Crippen molar-refractivity contribution in [2.24, 2.45) is 0 Å². The summed E-state index contributed by atoms with van der Waals surface area (Å²) < 4.78 is 1.76. The summed E-state index contributed by atoms with van der Waals surface area (Å²) in [6.07, 6.45) is 4.06. The summed E-state index contributed by atoms with van der Waals surface area (Å²) in [5, 5.41) is 8.42. The van der Waals surface area contributed by atoms with Gasteiger partial charge in [0.2, 0.25) is 5.91 Å². The number of benzene rings is 2. The van der Waals surface area contributed by atoms with Gasteiger partial charge in [0.25, 0.3) is 5.56 Å². The maximum absolute atomic E-state index is 13.0. The minimum atomic E-state index is -0.337. The second-order valence-corrected chi connectivity index (χ2v) is 8.03. The van der Waals surface area contributed by atoms with Gasteiger partial charge in [-0.3, -0.25) is 9.59 Å². The van der Waals surface area contributed by atoms with Gasteiger partial charge in [-0.25, -0.2) is 0 Å². The average molecular weight is 426 g/mol. The van der Waals surface area contributed by atoms with Crippen molar-refractivity contribution in [3.8, 4) is 0 Å². The zero-order chi connectivity index (χ0) is 20.4. The van der Waals surface area contributed by atoms with Crippen molar-refractivity contribution >= 4 is 34.0 Å². The predicted molar refractivity (Wildman–Crippen MR) is 124 cm³/mol. The van der Waals surface area contributed by atoms with E-state index in [1.165, 1.54) is 0 Å². The molecule has 158 valence electrons. The number of fused-ring (bicyclic) bond motifs is 1. The summed E-state index contributed by atoms with van der Waals surface area (Å²) in [6, 6.07) is 15.0. The Bertz CT molecular complexity index is 1090. The number of hydrogen-bond acceptors (Lipinski definition) is 3. The molecule has 4 rings (SSSR count). The van der Waals surface area contributed by atoms with Crippen LogP contribution in [-0.2, 0) is 11.3 Å². The quantitative estimate of drug-likeness (QED) is 0.618. The Kier molecular flexibility index (Phi) is 6.95. The van der Waals surface area contributed by atoms with Gasteiger partial charge >= 0.3 is 0 Å². The van der Waals surface area contributed by atoms with E-state index in [1.54, 1.807) is 16.7 Å². The number of halogens is 1. The predicted octanol–water partition coefficient (Wildman–Crippen LogP) is 4.79. The largest absolute Gasteiger partial charge is 0.325 e. The number of hydrogen-bond donors (Lipinski definition) is 2. The molecule has 3 aromatic rings. The van der Waals surface area contributed by atoms with E-state index in [2.05, 4.69) is 10.6 Å². The summed E-state index contributed by atoms with van der Waals surface area (Å²) >= 11 is 5.94. The molecular formula is C24H28ClN3O2. The summed E-state index contributed by atoms with van der Waals surface area (Å²) in [6.45, 7) is 3.53. The number of nitrogens with one attached hydrogen (secondary N) is 2. The minimum Gasteiger partial charge on any atom is -0.325 e. The van der Waals surface area contributed by atoms with E-state index >= 15 is 0 Å². The van der Waals surface area contributed by atoms with Crippen molar-refractivity contribution < 1.29 is 4.79 Å². The first-order valence-corrected chi connectivity index (χ1v) is 10.3. The molecule has 2 heterocycles. The van der Waals surface area contributed by atoms with Crippen LogP contribution in [0.25, 0.3) is 10.8 Å². The summed E-state index contributed by atoms with van der Waals surface area (Å²) in [5.74, 6) is -0.463. The van der Waals surface area contributed by atoms with Gasteiger partial charge in [-0.2, -0.15) is 0 Å². The van der Waals surface area contributed by atoms with Crippen LogP contribution in [0.2, 0.25) is 5.02 Å². The fourth-order valence-electron chi connectivity index (χ4n) is 3.86. The zero-order valence-electron chi connectivity index (χ0n) is 16.3. The highest BCUT2D eigenvalue weighted by Crippen LogP contribution is 2.24. The van der Waals surface area contributed by atoms with Gasteiger partial charge in [0.15, 0.2) is 0 Å². The molecule has 1 unspecified atom stereocenters. The van der Waals surface area contributed by atoms with Crippen LogP contribution in [0, 0.1) is 0 Å². The molecule has 0 radical (unpaired) electrons. The lowest BCUT2D eigenvalue weighted by Gasteiger charge is -2.16. The third-order valence-electron chi connectivity index (χ3n) is 5.62. The lowest BCUT2D eigenvalue weighted by Crippen LogP contribution is -2.32. The maximum Gasteiger partial charge on any atom is 0.258 e. The van der Waals surface area contributed by atoms with Crippen LogP contribution in [0.1, 0.15) is 38.7 Å². The minimum absolute atomic E-state index is 0. The number of anilines is 1. The molecule has 1 aliphatic heterocycles. The van der Waals surface area contributed by atoms with Crippen molar-refractivity contribution in [1.82, 2.24) is 9.88 Å². The maximum atomic E-state index is 13.0. The highest BCUT2D eigenvalue weighted by molar-refractivity contribution is 6.30. The molecule has 1 aromatic heterocycles. The van der Waals surface area contributed by atoms with E-state index < -0.39 is 0 Å². The molecule has 1 amide bonds. The van der Waals surface area contributed by atoms with E-state index in [9.17, 15) is 9.59 Å². The molecule has 0 bridgehead atoms. The number of rotatable bonds is 5. The van der Waals surface area contributed by atoms with Crippen molar-refractivity contribution in [1.29, 1.82) is 0 Å². The number of carbonyl (C=O) groups excluding carboxylic acids is 1. The Labute approximate surface area is 182 Å². The van der Waals surface area contributed by atoms with E-state index in [1.807, 2.05) is 49.5 Å². The van der Waals surface area contributed by atoms with E-state index in [4.69, 9.17) is 11.6 Å². The van der Waals surface area contributed by atoms with Gasteiger partial charge < -0.3 is 15.2 Å². The van der Waals surface area contributed by atoms with Crippen LogP contribution in [0.15, 0.2) is 59.5 Å². The second-order valence-electron chi connectivity index (χ2n) is 7.60. The fourth-order valence-corrected chi connectivity index (χ4v) is 3.99. The molecule has 6 heteroatoms. The first-order chi connectivity index (χ1) is 14.0. The molecule has 1 fully saturated rings. The van der Waals surface area contributed by atoms with Crippen molar-refractivity contribution in [3.05, 3.63) is 75.7 Å². The Morgan fingerprint density at radius 3 is 2.67 bits per heavy atom. The van der Waals surface area contributed by atoms with Crippen LogP contribution in [0.5, 0.6) is 0 Å². The SMILES string of the molecule is C.CC(C(=O)Nc1cccc2c(=O)n(C[C@H]3CCCN3)ccc12)c1ccc(Cl)cc1. The van der Waals surface area contributed by atoms with Crippen molar-refractivity contribution in [2.45, 2.75) is 45.7 Å². The van der Waals surface area contributed by atoms with Gasteiger partial charge in [-0.1, -0.05) is 37.2 Å². The van der Waals surface area contributed by atoms with Gasteiger partial charge in [0.1, 0.15) is 0 Å². The van der Waals surface area contributed by atoms with Crippen LogP contribution >= 0.6 is 11.6 Å². The molecule has 1 saturated heterocycles. The number of aromatic nitrogens is 1. The van der Waals surface area contributed by atoms with Gasteiger partial charge in [0.05, 0.1) is 5.92 Å². The number of amides is 1. The van der Waals surface area contributed by atoms with Gasteiger partial charge in [0, 0.05) is 40.3 Å². The summed E-state index contributed by atoms with van der Waals surface area (Å²) in [7, 11) is 0. The number of nitrogens with zero attached hydrogens (tertiary/aromatic N) is 1. The third-order valence-corrected chi connectivity index (χ3v) is 5.87. The summed E-state index contributed by atoms with van der Waals surface area (Å²) in [5.41, 5.74) is 1.51. The van der Waals surface area contributed by atoms with Gasteiger partial charge in [-0.15, -0.1) is 0 Å². The first kappa shape index (κ1) is 22.1. The fraction of sp³-hybridized carbons (Fsp3) is 0.333. The van der Waals surface area contributed by atoms with Gasteiger partial charge in [-0.05, 0) is 62.2 Å². The number of pyridine rings is 1. The Hall–Kier alpha value is -2.63. The molecule has 0 aliphatic carbocycles. The van der Waals surface area contributed by atoms with E-state index in [0.717, 1.165) is 30.3 Å². The molecule has 1 aliphatic rings. The molecular weight excluding hydrogens is 398 g/mol. The van der Waals surface area contributed by atoms with Crippen molar-refractivity contribution in [2.75, 3.05) is 11.9 Å². The monoisotopic (exact) mass is 425 g/mol. The van der Waals surface area contributed by atoms with Crippen molar-refractivity contribution in [3.63, 3.8) is 0 Å². The molecule has 2 atom stereocenters. The average Bonchev–Trinajstić information content (AvgIpc) is 3.24. The Morgan fingerprint density at radius 2 is 1.97 bits per heavy atom. The highest BCUT2D eigenvalue weighted by atomic mass is 35.5. The number of carbonyl (C=O) groups is 1. The van der Waals surface area contributed by atoms with Crippen LogP contribution in [0.4, 0.5) is 5.69 Å². The van der Waals surface area contributed by atoms with Crippen LogP contribution in [0.3, 0.4) is 0 Å².